The third-order valence-corrected chi connectivity index (χ3v) is 3.13. The number of ether oxygens (including phenoxy) is 3. The van der Waals surface area contributed by atoms with Crippen molar-refractivity contribution < 1.29 is 19.3 Å². The molecule has 4 nitrogen and oxygen atoms in total. The second kappa shape index (κ2) is 5.14. The van der Waals surface area contributed by atoms with Crippen LogP contribution in [-0.2, 0) is 6.42 Å². The average molecular weight is 303 g/mol. The summed E-state index contributed by atoms with van der Waals surface area (Å²) in [5, 5.41) is 9.55. The number of fused-ring (bicyclic) bond motifs is 1. The molecule has 1 N–H and O–H groups in total. The third-order valence-electron chi connectivity index (χ3n) is 2.54. The number of halogens is 1. The van der Waals surface area contributed by atoms with E-state index in [1.54, 1.807) is 14.0 Å². The molecule has 0 spiro atoms. The smallest absolute Gasteiger partial charge is 0.168 e. The molecule has 1 heterocycles. The lowest BCUT2D eigenvalue weighted by Crippen LogP contribution is -2.18. The molecule has 94 valence electrons. The molecule has 1 aliphatic rings. The van der Waals surface area contributed by atoms with Crippen LogP contribution in [0.3, 0.4) is 0 Å². The highest BCUT2D eigenvalue weighted by atomic mass is 79.9. The van der Waals surface area contributed by atoms with E-state index in [0.29, 0.717) is 36.9 Å². The number of methoxy groups -OCH3 is 1. The van der Waals surface area contributed by atoms with Crippen molar-refractivity contribution in [1.29, 1.82) is 0 Å². The van der Waals surface area contributed by atoms with Crippen molar-refractivity contribution in [2.24, 2.45) is 0 Å². The summed E-state index contributed by atoms with van der Waals surface area (Å²) in [7, 11) is 1.60. The highest BCUT2D eigenvalue weighted by Crippen LogP contribution is 2.44. The summed E-state index contributed by atoms with van der Waals surface area (Å²) in [4.78, 5) is 0. The normalized spacial score (nSPS) is 15.5. The van der Waals surface area contributed by atoms with Gasteiger partial charge in [-0.3, -0.25) is 0 Å². The predicted octanol–water partition coefficient (Wildman–Crippen LogP) is 2.15. The minimum absolute atomic E-state index is 0.465. The van der Waals surface area contributed by atoms with E-state index in [1.807, 2.05) is 6.07 Å². The SMILES string of the molecule is COc1c(Br)cc2c(c1CC(C)O)OCCO2. The van der Waals surface area contributed by atoms with E-state index in [9.17, 15) is 5.11 Å². The van der Waals surface area contributed by atoms with Gasteiger partial charge in [-0.15, -0.1) is 0 Å². The van der Waals surface area contributed by atoms with E-state index in [4.69, 9.17) is 14.2 Å². The van der Waals surface area contributed by atoms with Gasteiger partial charge in [-0.05, 0) is 22.9 Å². The Hall–Kier alpha value is -0.940. The molecule has 0 saturated heterocycles. The summed E-state index contributed by atoms with van der Waals surface area (Å²) >= 11 is 3.43. The van der Waals surface area contributed by atoms with Gasteiger partial charge in [0.15, 0.2) is 11.5 Å². The standard InChI is InChI=1S/C12H15BrO4/c1-7(14)5-8-11(15-2)9(13)6-10-12(8)17-4-3-16-10/h6-7,14H,3-5H2,1-2H3. The minimum Gasteiger partial charge on any atom is -0.495 e. The Morgan fingerprint density at radius 3 is 2.82 bits per heavy atom. The summed E-state index contributed by atoms with van der Waals surface area (Å²) in [5.41, 5.74) is 0.839. The number of hydrogen-bond donors (Lipinski definition) is 1. The number of hydrogen-bond acceptors (Lipinski definition) is 4. The van der Waals surface area contributed by atoms with Crippen LogP contribution in [0.2, 0.25) is 0 Å². The van der Waals surface area contributed by atoms with E-state index in [0.717, 1.165) is 10.0 Å². The van der Waals surface area contributed by atoms with Crippen LogP contribution >= 0.6 is 15.9 Å². The molecule has 0 radical (unpaired) electrons. The van der Waals surface area contributed by atoms with Crippen molar-refractivity contribution in [2.75, 3.05) is 20.3 Å². The van der Waals surface area contributed by atoms with Crippen molar-refractivity contribution >= 4 is 15.9 Å². The topological polar surface area (TPSA) is 47.9 Å². The van der Waals surface area contributed by atoms with Gasteiger partial charge in [-0.25, -0.2) is 0 Å². The van der Waals surface area contributed by atoms with Gasteiger partial charge in [0.05, 0.1) is 17.7 Å². The number of benzene rings is 1. The van der Waals surface area contributed by atoms with E-state index in [2.05, 4.69) is 15.9 Å². The van der Waals surface area contributed by atoms with E-state index in [-0.39, 0.29) is 0 Å². The first kappa shape index (κ1) is 12.5. The van der Waals surface area contributed by atoms with Gasteiger partial charge in [0.25, 0.3) is 0 Å². The van der Waals surface area contributed by atoms with Crippen molar-refractivity contribution in [2.45, 2.75) is 19.4 Å². The Kier molecular flexibility index (Phi) is 3.79. The maximum Gasteiger partial charge on any atom is 0.168 e. The molecule has 0 aromatic heterocycles. The van der Waals surface area contributed by atoms with Gasteiger partial charge in [0, 0.05) is 18.1 Å². The second-order valence-corrected chi connectivity index (χ2v) is 4.80. The fourth-order valence-corrected chi connectivity index (χ4v) is 2.51. The molecule has 0 aliphatic carbocycles. The van der Waals surface area contributed by atoms with Crippen LogP contribution in [0.4, 0.5) is 0 Å². The highest BCUT2D eigenvalue weighted by Gasteiger charge is 2.23. The maximum atomic E-state index is 9.55. The fourth-order valence-electron chi connectivity index (χ4n) is 1.90. The van der Waals surface area contributed by atoms with Crippen molar-refractivity contribution in [1.82, 2.24) is 0 Å². The molecule has 1 aromatic rings. The van der Waals surface area contributed by atoms with Crippen molar-refractivity contribution in [3.8, 4) is 17.2 Å². The Morgan fingerprint density at radius 2 is 2.18 bits per heavy atom. The lowest BCUT2D eigenvalue weighted by atomic mass is 10.1. The Balaban J connectivity index is 2.53. The maximum absolute atomic E-state index is 9.55. The largest absolute Gasteiger partial charge is 0.495 e. The summed E-state index contributed by atoms with van der Waals surface area (Å²) in [5.74, 6) is 2.06. The first-order valence-corrected chi connectivity index (χ1v) is 6.25. The van der Waals surface area contributed by atoms with Crippen molar-refractivity contribution in [3.05, 3.63) is 16.1 Å². The van der Waals surface area contributed by atoms with Crippen LogP contribution in [0, 0.1) is 0 Å². The van der Waals surface area contributed by atoms with Gasteiger partial charge in [0.1, 0.15) is 19.0 Å². The number of rotatable bonds is 3. The first-order chi connectivity index (χ1) is 8.13. The van der Waals surface area contributed by atoms with Gasteiger partial charge in [0.2, 0.25) is 0 Å². The van der Waals surface area contributed by atoms with Crippen LogP contribution in [-0.4, -0.2) is 31.5 Å². The fraction of sp³-hybridized carbons (Fsp3) is 0.500. The molecule has 1 unspecified atom stereocenters. The lowest BCUT2D eigenvalue weighted by molar-refractivity contribution is 0.162. The van der Waals surface area contributed by atoms with Crippen LogP contribution in [0.1, 0.15) is 12.5 Å². The zero-order chi connectivity index (χ0) is 12.4. The molecule has 0 fully saturated rings. The quantitative estimate of drug-likeness (QED) is 0.929. The molecule has 2 rings (SSSR count). The molecule has 1 aromatic carbocycles. The lowest BCUT2D eigenvalue weighted by Gasteiger charge is -2.24. The Bertz CT molecular complexity index is 417. The van der Waals surface area contributed by atoms with Crippen LogP contribution in [0.25, 0.3) is 0 Å². The summed E-state index contributed by atoms with van der Waals surface area (Å²) in [6.45, 7) is 2.79. The van der Waals surface area contributed by atoms with E-state index < -0.39 is 6.10 Å². The highest BCUT2D eigenvalue weighted by molar-refractivity contribution is 9.10. The minimum atomic E-state index is -0.465. The van der Waals surface area contributed by atoms with Crippen LogP contribution < -0.4 is 14.2 Å². The summed E-state index contributed by atoms with van der Waals surface area (Å²) in [6.07, 6.45) is 0.00160. The molecule has 0 amide bonds. The van der Waals surface area contributed by atoms with Gasteiger partial charge < -0.3 is 19.3 Å². The molecule has 0 bridgehead atoms. The Labute approximate surface area is 109 Å². The molecular formula is C12H15BrO4. The number of aliphatic hydroxyl groups is 1. The molecule has 17 heavy (non-hydrogen) atoms. The first-order valence-electron chi connectivity index (χ1n) is 5.46. The van der Waals surface area contributed by atoms with E-state index >= 15 is 0 Å². The van der Waals surface area contributed by atoms with Gasteiger partial charge in [-0.1, -0.05) is 0 Å². The van der Waals surface area contributed by atoms with Crippen LogP contribution in [0.5, 0.6) is 17.2 Å². The average Bonchev–Trinajstić information content (AvgIpc) is 2.28. The zero-order valence-corrected chi connectivity index (χ0v) is 11.4. The molecule has 0 saturated carbocycles. The van der Waals surface area contributed by atoms with E-state index in [1.165, 1.54) is 0 Å². The monoisotopic (exact) mass is 302 g/mol. The summed E-state index contributed by atoms with van der Waals surface area (Å²) in [6, 6.07) is 1.83. The molecule has 1 atom stereocenters. The molecule has 1 aliphatic heterocycles. The van der Waals surface area contributed by atoms with Gasteiger partial charge in [-0.2, -0.15) is 0 Å². The van der Waals surface area contributed by atoms with Crippen molar-refractivity contribution in [3.63, 3.8) is 0 Å². The third kappa shape index (κ3) is 2.50. The zero-order valence-electron chi connectivity index (χ0n) is 9.83. The molecule has 5 heteroatoms. The predicted molar refractivity (Wildman–Crippen MR) is 67.1 cm³/mol. The van der Waals surface area contributed by atoms with Gasteiger partial charge >= 0.3 is 0 Å². The summed E-state index contributed by atoms with van der Waals surface area (Å²) < 4.78 is 17.3. The van der Waals surface area contributed by atoms with Crippen LogP contribution in [0.15, 0.2) is 10.5 Å². The molecular weight excluding hydrogens is 288 g/mol. The Morgan fingerprint density at radius 1 is 1.47 bits per heavy atom. The second-order valence-electron chi connectivity index (χ2n) is 3.95. The number of aliphatic hydroxyl groups excluding tert-OH is 1.